The summed E-state index contributed by atoms with van der Waals surface area (Å²) in [6.07, 6.45) is 0.542. The molecule has 5 heteroatoms. The number of nitrogens with zero attached hydrogens (tertiary/aromatic N) is 2. The predicted octanol–water partition coefficient (Wildman–Crippen LogP) is 5.90. The van der Waals surface area contributed by atoms with Crippen molar-refractivity contribution >= 4 is 21.6 Å². The fourth-order valence-electron chi connectivity index (χ4n) is 3.75. The minimum atomic E-state index is -0.252. The van der Waals surface area contributed by atoms with E-state index < -0.39 is 0 Å². The van der Waals surface area contributed by atoms with Crippen LogP contribution in [0.2, 0.25) is 0 Å². The fraction of sp³-hybridized carbons (Fsp3) is 0.227. The number of aryl methyl sites for hydroxylation is 2. The first-order valence-corrected chi connectivity index (χ1v) is 9.83. The molecule has 0 saturated carbocycles. The monoisotopic (exact) mass is 422 g/mol. The number of benzene rings is 2. The summed E-state index contributed by atoms with van der Waals surface area (Å²) in [6, 6.07) is 18.7. The van der Waals surface area contributed by atoms with E-state index in [9.17, 15) is 0 Å². The first kappa shape index (κ1) is 16.6. The standard InChI is InChI=1S/C22H19BrN2O2/c1-13-3-6-15(7-4-13)22-25-19(17-11-16(23)8-10-20(17)27-22)12-18(24-25)21-9-5-14(2)26-21/h3-11,19,22H,12H2,1-2H3. The second-order valence-electron chi connectivity index (χ2n) is 7.12. The number of rotatable bonds is 2. The molecule has 0 N–H and O–H groups in total. The Morgan fingerprint density at radius 3 is 2.59 bits per heavy atom. The Labute approximate surface area is 166 Å². The molecule has 2 aliphatic heterocycles. The molecular weight excluding hydrogens is 404 g/mol. The molecule has 0 fully saturated rings. The lowest BCUT2D eigenvalue weighted by atomic mass is 9.97. The van der Waals surface area contributed by atoms with Crippen molar-refractivity contribution in [2.45, 2.75) is 32.5 Å². The second-order valence-corrected chi connectivity index (χ2v) is 8.04. The van der Waals surface area contributed by atoms with Gasteiger partial charge in [0.25, 0.3) is 0 Å². The number of ether oxygens (including phenoxy) is 1. The van der Waals surface area contributed by atoms with E-state index in [0.29, 0.717) is 0 Å². The van der Waals surface area contributed by atoms with Gasteiger partial charge in [0.1, 0.15) is 23.0 Å². The molecule has 3 heterocycles. The zero-order chi connectivity index (χ0) is 18.5. The van der Waals surface area contributed by atoms with Crippen molar-refractivity contribution in [2.24, 2.45) is 5.10 Å². The van der Waals surface area contributed by atoms with E-state index in [1.807, 2.05) is 31.2 Å². The van der Waals surface area contributed by atoms with Gasteiger partial charge in [-0.1, -0.05) is 45.8 Å². The molecule has 0 saturated heterocycles. The van der Waals surface area contributed by atoms with Crippen molar-refractivity contribution in [3.63, 3.8) is 0 Å². The van der Waals surface area contributed by atoms with Crippen molar-refractivity contribution < 1.29 is 9.15 Å². The lowest BCUT2D eigenvalue weighted by Crippen LogP contribution is -2.33. The third kappa shape index (κ3) is 2.86. The molecular formula is C22H19BrN2O2. The maximum Gasteiger partial charge on any atom is 0.213 e. The third-order valence-electron chi connectivity index (χ3n) is 5.14. The van der Waals surface area contributed by atoms with Crippen molar-refractivity contribution in [1.82, 2.24) is 5.01 Å². The topological polar surface area (TPSA) is 38.0 Å². The smallest absolute Gasteiger partial charge is 0.213 e. The van der Waals surface area contributed by atoms with Gasteiger partial charge in [0.05, 0.1) is 6.04 Å². The molecule has 0 bridgehead atoms. The van der Waals surface area contributed by atoms with E-state index in [4.69, 9.17) is 14.3 Å². The molecule has 2 unspecified atom stereocenters. The molecule has 136 valence electrons. The first-order valence-electron chi connectivity index (χ1n) is 9.04. The summed E-state index contributed by atoms with van der Waals surface area (Å²) < 4.78 is 13.3. The number of hydrogen-bond donors (Lipinski definition) is 0. The molecule has 2 aliphatic rings. The highest BCUT2D eigenvalue weighted by Gasteiger charge is 2.41. The molecule has 0 radical (unpaired) electrons. The Kier molecular flexibility index (Phi) is 3.86. The van der Waals surface area contributed by atoms with Gasteiger partial charge >= 0.3 is 0 Å². The van der Waals surface area contributed by atoms with E-state index >= 15 is 0 Å². The van der Waals surface area contributed by atoms with Gasteiger partial charge in [0.15, 0.2) is 0 Å². The van der Waals surface area contributed by atoms with Crippen molar-refractivity contribution in [1.29, 1.82) is 0 Å². The Morgan fingerprint density at radius 2 is 1.85 bits per heavy atom. The zero-order valence-electron chi connectivity index (χ0n) is 15.1. The van der Waals surface area contributed by atoms with E-state index in [1.165, 1.54) is 5.56 Å². The highest BCUT2D eigenvalue weighted by atomic mass is 79.9. The number of hydrogen-bond acceptors (Lipinski definition) is 4. The van der Waals surface area contributed by atoms with Gasteiger partial charge in [-0.25, -0.2) is 5.01 Å². The summed E-state index contributed by atoms with van der Waals surface area (Å²) in [5.74, 6) is 2.64. The van der Waals surface area contributed by atoms with E-state index in [0.717, 1.165) is 45.0 Å². The van der Waals surface area contributed by atoms with E-state index in [-0.39, 0.29) is 12.3 Å². The van der Waals surface area contributed by atoms with Crippen LogP contribution < -0.4 is 4.74 Å². The summed E-state index contributed by atoms with van der Waals surface area (Å²) in [5, 5.41) is 6.99. The fourth-order valence-corrected chi connectivity index (χ4v) is 4.13. The minimum absolute atomic E-state index is 0.123. The molecule has 4 nitrogen and oxygen atoms in total. The van der Waals surface area contributed by atoms with Crippen LogP contribution in [0.3, 0.4) is 0 Å². The molecule has 2 atom stereocenters. The van der Waals surface area contributed by atoms with Crippen LogP contribution >= 0.6 is 15.9 Å². The van der Waals surface area contributed by atoms with Crippen LogP contribution in [-0.2, 0) is 0 Å². The van der Waals surface area contributed by atoms with E-state index in [2.05, 4.69) is 58.2 Å². The summed E-state index contributed by atoms with van der Waals surface area (Å²) in [7, 11) is 0. The summed E-state index contributed by atoms with van der Waals surface area (Å²) in [5.41, 5.74) is 4.43. The van der Waals surface area contributed by atoms with Crippen molar-refractivity contribution in [3.05, 3.63) is 87.3 Å². The second kappa shape index (κ2) is 6.27. The third-order valence-corrected chi connectivity index (χ3v) is 5.63. The van der Waals surface area contributed by atoms with Gasteiger partial charge in [-0.2, -0.15) is 5.10 Å². The summed E-state index contributed by atoms with van der Waals surface area (Å²) >= 11 is 3.59. The Balaban J connectivity index is 1.60. The highest BCUT2D eigenvalue weighted by molar-refractivity contribution is 9.10. The van der Waals surface area contributed by atoms with E-state index in [1.54, 1.807) is 0 Å². The Hall–Kier alpha value is -2.53. The maximum absolute atomic E-state index is 6.38. The molecule has 5 rings (SSSR count). The molecule has 0 aliphatic carbocycles. The summed E-state index contributed by atoms with van der Waals surface area (Å²) in [6.45, 7) is 4.05. The average Bonchev–Trinajstić information content (AvgIpc) is 3.28. The van der Waals surface area contributed by atoms with Gasteiger partial charge in [-0.05, 0) is 44.2 Å². The average molecular weight is 423 g/mol. The van der Waals surface area contributed by atoms with Crippen LogP contribution in [0.25, 0.3) is 0 Å². The lowest BCUT2D eigenvalue weighted by Gasteiger charge is -2.38. The summed E-state index contributed by atoms with van der Waals surface area (Å²) in [4.78, 5) is 0. The van der Waals surface area contributed by atoms with Crippen LogP contribution in [0.15, 0.2) is 68.6 Å². The van der Waals surface area contributed by atoms with Gasteiger partial charge < -0.3 is 9.15 Å². The van der Waals surface area contributed by atoms with Crippen molar-refractivity contribution in [2.75, 3.05) is 0 Å². The Bertz CT molecular complexity index is 1040. The van der Waals surface area contributed by atoms with Crippen LogP contribution in [0, 0.1) is 13.8 Å². The molecule has 3 aromatic rings. The number of hydrazone groups is 1. The van der Waals surface area contributed by atoms with Crippen molar-refractivity contribution in [3.8, 4) is 5.75 Å². The SMILES string of the molecule is Cc1ccc(C2Oc3ccc(Br)cc3C3CC(c4ccc(C)o4)=NN32)cc1. The quantitative estimate of drug-likeness (QED) is 0.515. The normalized spacial score (nSPS) is 20.7. The number of halogens is 1. The Morgan fingerprint density at radius 1 is 1.04 bits per heavy atom. The van der Waals surface area contributed by atoms with Crippen LogP contribution in [0.1, 0.15) is 46.9 Å². The molecule has 0 amide bonds. The predicted molar refractivity (Wildman–Crippen MR) is 108 cm³/mol. The molecule has 2 aromatic carbocycles. The first-order chi connectivity index (χ1) is 13.1. The lowest BCUT2D eigenvalue weighted by molar-refractivity contribution is -0.0190. The maximum atomic E-state index is 6.38. The highest BCUT2D eigenvalue weighted by Crippen LogP contribution is 2.48. The van der Waals surface area contributed by atoms with Gasteiger partial charge in [0, 0.05) is 22.0 Å². The van der Waals surface area contributed by atoms with Crippen LogP contribution in [0.5, 0.6) is 5.75 Å². The van der Waals surface area contributed by atoms with Gasteiger partial charge in [-0.3, -0.25) is 0 Å². The van der Waals surface area contributed by atoms with Crippen LogP contribution in [0.4, 0.5) is 0 Å². The van der Waals surface area contributed by atoms with Gasteiger partial charge in [-0.15, -0.1) is 0 Å². The largest absolute Gasteiger partial charge is 0.464 e. The molecule has 0 spiro atoms. The van der Waals surface area contributed by atoms with Gasteiger partial charge in [0.2, 0.25) is 6.23 Å². The zero-order valence-corrected chi connectivity index (χ0v) is 16.7. The minimum Gasteiger partial charge on any atom is -0.464 e. The number of fused-ring (bicyclic) bond motifs is 3. The molecule has 27 heavy (non-hydrogen) atoms. The van der Waals surface area contributed by atoms with Crippen LogP contribution in [-0.4, -0.2) is 10.7 Å². The number of furan rings is 1. The molecule has 1 aromatic heterocycles.